The Hall–Kier alpha value is -2.58. The summed E-state index contributed by atoms with van der Waals surface area (Å²) in [5.74, 6) is 2.61. The van der Waals surface area contributed by atoms with Crippen LogP contribution >= 0.6 is 0 Å². The number of rotatable bonds is 7. The zero-order valence-corrected chi connectivity index (χ0v) is 16.3. The van der Waals surface area contributed by atoms with E-state index >= 15 is 0 Å². The molecular formula is C20H27N5O3. The van der Waals surface area contributed by atoms with Crippen LogP contribution in [0.1, 0.15) is 11.4 Å². The van der Waals surface area contributed by atoms with Crippen molar-refractivity contribution in [3.63, 3.8) is 0 Å². The summed E-state index contributed by atoms with van der Waals surface area (Å²) in [6.45, 7) is 9.02. The van der Waals surface area contributed by atoms with Crippen molar-refractivity contribution in [3.05, 3.63) is 42.0 Å². The Balaban J connectivity index is 1.15. The van der Waals surface area contributed by atoms with Gasteiger partial charge >= 0.3 is 0 Å². The predicted octanol–water partition coefficient (Wildman–Crippen LogP) is 0.854. The first kappa shape index (κ1) is 18.8. The Morgan fingerprint density at radius 3 is 2.68 bits per heavy atom. The first-order valence-electron chi connectivity index (χ1n) is 9.75. The van der Waals surface area contributed by atoms with Crippen molar-refractivity contribution in [3.8, 4) is 11.5 Å². The smallest absolute Gasteiger partial charge is 0.234 e. The van der Waals surface area contributed by atoms with Crippen LogP contribution in [-0.4, -0.2) is 71.3 Å². The Labute approximate surface area is 165 Å². The summed E-state index contributed by atoms with van der Waals surface area (Å²) in [4.78, 5) is 21.2. The summed E-state index contributed by atoms with van der Waals surface area (Å²) in [7, 11) is 0. The number of aromatic nitrogens is 2. The first-order valence-corrected chi connectivity index (χ1v) is 9.75. The molecule has 1 fully saturated rings. The number of aryl methyl sites for hydroxylation is 1. The van der Waals surface area contributed by atoms with Crippen molar-refractivity contribution in [2.45, 2.75) is 20.0 Å². The number of fused-ring (bicyclic) bond motifs is 1. The SMILES string of the molecule is Cc1nccn1CCN1CCN(CC(=O)NCc2ccc3c(c2)OCO3)CC1. The monoisotopic (exact) mass is 385 g/mol. The zero-order valence-electron chi connectivity index (χ0n) is 16.3. The van der Waals surface area contributed by atoms with Gasteiger partial charge in [-0.1, -0.05) is 6.07 Å². The van der Waals surface area contributed by atoms with Crippen LogP contribution in [0, 0.1) is 6.92 Å². The van der Waals surface area contributed by atoms with Gasteiger partial charge in [0.2, 0.25) is 12.7 Å². The van der Waals surface area contributed by atoms with Crippen molar-refractivity contribution in [1.29, 1.82) is 0 Å². The fraction of sp³-hybridized carbons (Fsp3) is 0.500. The third-order valence-electron chi connectivity index (χ3n) is 5.34. The number of hydrogen-bond donors (Lipinski definition) is 1. The minimum absolute atomic E-state index is 0.0557. The first-order chi connectivity index (χ1) is 13.7. The van der Waals surface area contributed by atoms with Crippen LogP contribution in [0.4, 0.5) is 0 Å². The van der Waals surface area contributed by atoms with Crippen molar-refractivity contribution in [2.24, 2.45) is 0 Å². The zero-order chi connectivity index (χ0) is 19.3. The molecule has 4 rings (SSSR count). The lowest BCUT2D eigenvalue weighted by atomic mass is 10.2. The van der Waals surface area contributed by atoms with Crippen LogP contribution in [0.15, 0.2) is 30.6 Å². The number of carbonyl (C=O) groups is 1. The number of imidazole rings is 1. The molecule has 1 saturated heterocycles. The largest absolute Gasteiger partial charge is 0.454 e. The topological polar surface area (TPSA) is 71.9 Å². The van der Waals surface area contributed by atoms with Crippen LogP contribution in [0.2, 0.25) is 0 Å². The lowest BCUT2D eigenvalue weighted by Gasteiger charge is -2.34. The molecule has 0 saturated carbocycles. The fourth-order valence-corrected chi connectivity index (χ4v) is 3.57. The van der Waals surface area contributed by atoms with Crippen LogP contribution in [0.3, 0.4) is 0 Å². The van der Waals surface area contributed by atoms with Gasteiger partial charge in [-0.3, -0.25) is 14.6 Å². The molecule has 0 bridgehead atoms. The van der Waals surface area contributed by atoms with Gasteiger partial charge in [0.25, 0.3) is 0 Å². The second-order valence-electron chi connectivity index (χ2n) is 7.25. The average Bonchev–Trinajstić information content (AvgIpc) is 3.34. The van der Waals surface area contributed by atoms with Crippen LogP contribution in [0.25, 0.3) is 0 Å². The summed E-state index contributed by atoms with van der Waals surface area (Å²) >= 11 is 0. The van der Waals surface area contributed by atoms with E-state index in [1.807, 2.05) is 37.5 Å². The molecule has 150 valence electrons. The molecule has 2 aliphatic heterocycles. The van der Waals surface area contributed by atoms with E-state index in [0.29, 0.717) is 13.1 Å². The minimum atomic E-state index is 0.0557. The van der Waals surface area contributed by atoms with E-state index in [1.54, 1.807) is 0 Å². The van der Waals surface area contributed by atoms with Crippen molar-refractivity contribution < 1.29 is 14.3 Å². The third kappa shape index (κ3) is 4.63. The molecule has 1 N–H and O–H groups in total. The van der Waals surface area contributed by atoms with Crippen LogP contribution in [0.5, 0.6) is 11.5 Å². The quantitative estimate of drug-likeness (QED) is 0.762. The van der Waals surface area contributed by atoms with Crippen molar-refractivity contribution in [1.82, 2.24) is 24.7 Å². The summed E-state index contributed by atoms with van der Waals surface area (Å²) < 4.78 is 12.9. The van der Waals surface area contributed by atoms with Crippen molar-refractivity contribution in [2.75, 3.05) is 46.1 Å². The van der Waals surface area contributed by atoms with Gasteiger partial charge in [0.15, 0.2) is 11.5 Å². The number of amides is 1. The van der Waals surface area contributed by atoms with Gasteiger partial charge in [-0.2, -0.15) is 0 Å². The predicted molar refractivity (Wildman–Crippen MR) is 104 cm³/mol. The number of piperazine rings is 1. The van der Waals surface area contributed by atoms with Gasteiger partial charge in [0, 0.05) is 58.2 Å². The van der Waals surface area contributed by atoms with E-state index in [-0.39, 0.29) is 12.7 Å². The molecule has 0 aliphatic carbocycles. The number of carbonyl (C=O) groups excluding carboxylic acids is 1. The number of benzene rings is 1. The summed E-state index contributed by atoms with van der Waals surface area (Å²) in [6, 6.07) is 5.76. The molecule has 2 aliphatic rings. The molecule has 8 heteroatoms. The van der Waals surface area contributed by atoms with E-state index in [1.165, 1.54) is 0 Å². The van der Waals surface area contributed by atoms with Gasteiger partial charge in [-0.25, -0.2) is 4.98 Å². The molecular weight excluding hydrogens is 358 g/mol. The molecule has 1 aromatic carbocycles. The molecule has 28 heavy (non-hydrogen) atoms. The highest BCUT2D eigenvalue weighted by molar-refractivity contribution is 5.78. The molecule has 0 atom stereocenters. The molecule has 2 aromatic rings. The second kappa shape index (κ2) is 8.62. The summed E-state index contributed by atoms with van der Waals surface area (Å²) in [6.07, 6.45) is 3.87. The van der Waals surface area contributed by atoms with Crippen LogP contribution < -0.4 is 14.8 Å². The van der Waals surface area contributed by atoms with Gasteiger partial charge in [0.05, 0.1) is 6.54 Å². The molecule has 3 heterocycles. The number of hydrogen-bond acceptors (Lipinski definition) is 6. The maximum absolute atomic E-state index is 12.3. The summed E-state index contributed by atoms with van der Waals surface area (Å²) in [5.41, 5.74) is 1.01. The van der Waals surface area contributed by atoms with Gasteiger partial charge in [-0.05, 0) is 24.6 Å². The Bertz CT molecular complexity index is 814. The average molecular weight is 385 g/mol. The van der Waals surface area contributed by atoms with Crippen molar-refractivity contribution >= 4 is 5.91 Å². The Morgan fingerprint density at radius 2 is 1.89 bits per heavy atom. The fourth-order valence-electron chi connectivity index (χ4n) is 3.57. The molecule has 0 unspecified atom stereocenters. The normalized spacial score (nSPS) is 17.0. The van der Waals surface area contributed by atoms with E-state index in [2.05, 4.69) is 24.7 Å². The lowest BCUT2D eigenvalue weighted by molar-refractivity contribution is -0.122. The van der Waals surface area contributed by atoms with E-state index in [9.17, 15) is 4.79 Å². The second-order valence-corrected chi connectivity index (χ2v) is 7.25. The highest BCUT2D eigenvalue weighted by atomic mass is 16.7. The van der Waals surface area contributed by atoms with Gasteiger partial charge in [0.1, 0.15) is 5.82 Å². The van der Waals surface area contributed by atoms with E-state index < -0.39 is 0 Å². The highest BCUT2D eigenvalue weighted by Gasteiger charge is 2.19. The highest BCUT2D eigenvalue weighted by Crippen LogP contribution is 2.32. The molecule has 8 nitrogen and oxygen atoms in total. The molecule has 0 radical (unpaired) electrons. The third-order valence-corrected chi connectivity index (χ3v) is 5.34. The summed E-state index contributed by atoms with van der Waals surface area (Å²) in [5, 5.41) is 3.00. The number of nitrogens with one attached hydrogen (secondary N) is 1. The molecule has 1 amide bonds. The van der Waals surface area contributed by atoms with E-state index in [0.717, 1.165) is 62.2 Å². The van der Waals surface area contributed by atoms with Crippen LogP contribution in [-0.2, 0) is 17.9 Å². The molecule has 0 spiro atoms. The maximum Gasteiger partial charge on any atom is 0.234 e. The number of ether oxygens (including phenoxy) is 2. The molecule has 1 aromatic heterocycles. The standard InChI is InChI=1S/C20H27N5O3/c1-16-21-4-5-25(16)11-10-23-6-8-24(9-7-23)14-20(26)22-13-17-2-3-18-19(12-17)28-15-27-18/h2-5,12H,6-11,13-15H2,1H3,(H,22,26). The van der Waals surface area contributed by atoms with Gasteiger partial charge < -0.3 is 19.4 Å². The Morgan fingerprint density at radius 1 is 1.11 bits per heavy atom. The van der Waals surface area contributed by atoms with E-state index in [4.69, 9.17) is 9.47 Å². The maximum atomic E-state index is 12.3. The minimum Gasteiger partial charge on any atom is -0.454 e. The van der Waals surface area contributed by atoms with Gasteiger partial charge in [-0.15, -0.1) is 0 Å². The number of nitrogens with zero attached hydrogens (tertiary/aromatic N) is 4. The lowest BCUT2D eigenvalue weighted by Crippen LogP contribution is -2.49. The Kier molecular flexibility index (Phi) is 5.78.